The molecule has 1 aromatic rings. The Bertz CT molecular complexity index is 379. The molecule has 0 fully saturated rings. The molecule has 1 N–H and O–H groups in total. The molecule has 0 aromatic heterocycles. The molecule has 16 heavy (non-hydrogen) atoms. The van der Waals surface area contributed by atoms with Gasteiger partial charge in [0.1, 0.15) is 0 Å². The van der Waals surface area contributed by atoms with E-state index in [1.165, 1.54) is 0 Å². The number of hydrogen-bond donors (Lipinski definition) is 1. The van der Waals surface area contributed by atoms with E-state index in [0.29, 0.717) is 5.56 Å². The van der Waals surface area contributed by atoms with Crippen molar-refractivity contribution in [3.8, 4) is 0 Å². The van der Waals surface area contributed by atoms with Crippen LogP contribution in [0.2, 0.25) is 0 Å². The molecule has 88 valence electrons. The smallest absolute Gasteiger partial charge is 0.252 e. The van der Waals surface area contributed by atoms with Gasteiger partial charge in [-0.05, 0) is 47.5 Å². The summed E-state index contributed by atoms with van der Waals surface area (Å²) in [6.45, 7) is 4.13. The summed E-state index contributed by atoms with van der Waals surface area (Å²) in [5.41, 5.74) is 0.664. The van der Waals surface area contributed by atoms with Gasteiger partial charge in [0.15, 0.2) is 0 Å². The molecular weight excluding hydrogens is 334 g/mol. The highest BCUT2D eigenvalue weighted by Gasteiger charge is 2.12. The molecule has 0 aliphatic carbocycles. The van der Waals surface area contributed by atoms with E-state index < -0.39 is 0 Å². The van der Waals surface area contributed by atoms with E-state index in [9.17, 15) is 4.79 Å². The van der Waals surface area contributed by atoms with Gasteiger partial charge >= 0.3 is 0 Å². The fourth-order valence-electron chi connectivity index (χ4n) is 1.48. The summed E-state index contributed by atoms with van der Waals surface area (Å²) in [7, 11) is 0. The van der Waals surface area contributed by atoms with Crippen LogP contribution in [0.1, 0.15) is 37.0 Å². The van der Waals surface area contributed by atoms with Gasteiger partial charge in [0, 0.05) is 15.0 Å². The highest BCUT2D eigenvalue weighted by molar-refractivity contribution is 9.11. The Morgan fingerprint density at radius 1 is 1.44 bits per heavy atom. The van der Waals surface area contributed by atoms with E-state index in [4.69, 9.17) is 0 Å². The van der Waals surface area contributed by atoms with E-state index in [-0.39, 0.29) is 11.9 Å². The van der Waals surface area contributed by atoms with Crippen LogP contribution in [0.4, 0.5) is 0 Å². The van der Waals surface area contributed by atoms with Gasteiger partial charge in [0.2, 0.25) is 0 Å². The topological polar surface area (TPSA) is 29.1 Å². The van der Waals surface area contributed by atoms with Crippen LogP contribution in [0.25, 0.3) is 0 Å². The van der Waals surface area contributed by atoms with Crippen LogP contribution in [-0.4, -0.2) is 11.9 Å². The molecule has 1 unspecified atom stereocenters. The third kappa shape index (κ3) is 3.91. The maximum atomic E-state index is 11.9. The minimum atomic E-state index is -0.0332. The zero-order valence-electron chi connectivity index (χ0n) is 9.39. The van der Waals surface area contributed by atoms with Crippen LogP contribution >= 0.6 is 31.9 Å². The van der Waals surface area contributed by atoms with Gasteiger partial charge in [-0.25, -0.2) is 0 Å². The molecule has 0 saturated carbocycles. The lowest BCUT2D eigenvalue weighted by molar-refractivity contribution is 0.0937. The summed E-state index contributed by atoms with van der Waals surface area (Å²) >= 11 is 6.74. The van der Waals surface area contributed by atoms with Crippen molar-refractivity contribution in [3.05, 3.63) is 32.7 Å². The van der Waals surface area contributed by atoms with Crippen LogP contribution in [0, 0.1) is 0 Å². The van der Waals surface area contributed by atoms with Crippen LogP contribution in [-0.2, 0) is 0 Å². The molecule has 1 atom stereocenters. The molecule has 0 spiro atoms. The van der Waals surface area contributed by atoms with E-state index in [2.05, 4.69) is 44.1 Å². The van der Waals surface area contributed by atoms with Gasteiger partial charge in [-0.3, -0.25) is 4.79 Å². The minimum absolute atomic E-state index is 0.0332. The number of benzene rings is 1. The van der Waals surface area contributed by atoms with E-state index in [1.54, 1.807) is 0 Å². The Morgan fingerprint density at radius 3 is 2.75 bits per heavy atom. The van der Waals surface area contributed by atoms with Gasteiger partial charge < -0.3 is 5.32 Å². The monoisotopic (exact) mass is 347 g/mol. The SMILES string of the molecule is CCCC(C)NC(=O)c1cc(Br)ccc1Br. The quantitative estimate of drug-likeness (QED) is 0.870. The van der Waals surface area contributed by atoms with Crippen molar-refractivity contribution >= 4 is 37.8 Å². The molecule has 4 heteroatoms. The maximum Gasteiger partial charge on any atom is 0.252 e. The average molecular weight is 349 g/mol. The van der Waals surface area contributed by atoms with Gasteiger partial charge in [-0.1, -0.05) is 29.3 Å². The second-order valence-corrected chi connectivity index (χ2v) is 5.56. The molecule has 2 nitrogen and oxygen atoms in total. The molecule has 1 aromatic carbocycles. The first-order valence-electron chi connectivity index (χ1n) is 5.30. The third-order valence-corrected chi connectivity index (χ3v) is 3.46. The fourth-order valence-corrected chi connectivity index (χ4v) is 2.27. The van der Waals surface area contributed by atoms with Crippen molar-refractivity contribution < 1.29 is 4.79 Å². The Labute approximate surface area is 113 Å². The van der Waals surface area contributed by atoms with Crippen molar-refractivity contribution in [2.45, 2.75) is 32.7 Å². The lowest BCUT2D eigenvalue weighted by Crippen LogP contribution is -2.32. The van der Waals surface area contributed by atoms with E-state index >= 15 is 0 Å². The summed E-state index contributed by atoms with van der Waals surface area (Å²) in [6.07, 6.45) is 2.07. The Kier molecular flexibility index (Phi) is 5.49. The van der Waals surface area contributed by atoms with Crippen molar-refractivity contribution in [3.63, 3.8) is 0 Å². The highest BCUT2D eigenvalue weighted by atomic mass is 79.9. The highest BCUT2D eigenvalue weighted by Crippen LogP contribution is 2.21. The van der Waals surface area contributed by atoms with Crippen molar-refractivity contribution in [1.29, 1.82) is 0 Å². The van der Waals surface area contributed by atoms with Crippen molar-refractivity contribution in [2.75, 3.05) is 0 Å². The van der Waals surface area contributed by atoms with Gasteiger partial charge in [0.05, 0.1) is 5.56 Å². The van der Waals surface area contributed by atoms with Gasteiger partial charge in [-0.2, -0.15) is 0 Å². The second kappa shape index (κ2) is 6.40. The first-order valence-corrected chi connectivity index (χ1v) is 6.89. The minimum Gasteiger partial charge on any atom is -0.350 e. The molecule has 0 saturated heterocycles. The van der Waals surface area contributed by atoms with E-state index in [0.717, 1.165) is 21.8 Å². The number of carbonyl (C=O) groups excluding carboxylic acids is 1. The molecule has 0 heterocycles. The maximum absolute atomic E-state index is 11.9. The first-order chi connectivity index (χ1) is 7.54. The van der Waals surface area contributed by atoms with E-state index in [1.807, 2.05) is 25.1 Å². The summed E-state index contributed by atoms with van der Waals surface area (Å²) in [4.78, 5) is 11.9. The lowest BCUT2D eigenvalue weighted by Gasteiger charge is -2.13. The Morgan fingerprint density at radius 2 is 2.12 bits per heavy atom. The molecule has 0 radical (unpaired) electrons. The van der Waals surface area contributed by atoms with Crippen LogP contribution in [0.15, 0.2) is 27.1 Å². The standard InChI is InChI=1S/C12H15Br2NO/c1-3-4-8(2)15-12(16)10-7-9(13)5-6-11(10)14/h5-8H,3-4H2,1-2H3,(H,15,16). The molecule has 1 rings (SSSR count). The average Bonchev–Trinajstić information content (AvgIpc) is 2.21. The van der Waals surface area contributed by atoms with Crippen LogP contribution in [0.5, 0.6) is 0 Å². The number of rotatable bonds is 4. The largest absolute Gasteiger partial charge is 0.350 e. The van der Waals surface area contributed by atoms with Crippen LogP contribution < -0.4 is 5.32 Å². The number of amides is 1. The Hall–Kier alpha value is -0.350. The first kappa shape index (κ1) is 13.7. The molecule has 1 amide bonds. The van der Waals surface area contributed by atoms with Crippen molar-refractivity contribution in [2.24, 2.45) is 0 Å². The molecular formula is C12H15Br2NO. The normalized spacial score (nSPS) is 12.2. The predicted molar refractivity (Wildman–Crippen MR) is 73.7 cm³/mol. The zero-order chi connectivity index (χ0) is 12.1. The van der Waals surface area contributed by atoms with Crippen molar-refractivity contribution in [1.82, 2.24) is 5.32 Å². The molecule has 0 aliphatic heterocycles. The van der Waals surface area contributed by atoms with Gasteiger partial charge in [0.25, 0.3) is 5.91 Å². The lowest BCUT2D eigenvalue weighted by atomic mass is 10.1. The number of hydrogen-bond acceptors (Lipinski definition) is 1. The molecule has 0 bridgehead atoms. The summed E-state index contributed by atoms with van der Waals surface area (Å²) < 4.78 is 1.72. The fraction of sp³-hybridized carbons (Fsp3) is 0.417. The summed E-state index contributed by atoms with van der Waals surface area (Å²) in [5.74, 6) is -0.0332. The predicted octanol–water partition coefficient (Wildman–Crippen LogP) is 4.13. The van der Waals surface area contributed by atoms with Crippen LogP contribution in [0.3, 0.4) is 0 Å². The Balaban J connectivity index is 2.76. The third-order valence-electron chi connectivity index (χ3n) is 2.27. The summed E-state index contributed by atoms with van der Waals surface area (Å²) in [5, 5.41) is 2.98. The molecule has 0 aliphatic rings. The number of nitrogens with one attached hydrogen (secondary N) is 1. The number of carbonyl (C=O) groups is 1. The number of halogens is 2. The summed E-state index contributed by atoms with van der Waals surface area (Å²) in [6, 6.07) is 5.79. The zero-order valence-corrected chi connectivity index (χ0v) is 12.6. The second-order valence-electron chi connectivity index (χ2n) is 3.79. The van der Waals surface area contributed by atoms with Gasteiger partial charge in [-0.15, -0.1) is 0 Å².